The fourth-order valence-electron chi connectivity index (χ4n) is 3.11. The molecular weight excluding hydrogens is 402 g/mol. The number of carbonyl (C=O) groups is 2. The second-order valence-corrected chi connectivity index (χ2v) is 6.99. The van der Waals surface area contributed by atoms with Crippen LogP contribution in [-0.4, -0.2) is 21.6 Å². The number of para-hydroxylation sites is 1. The zero-order chi connectivity index (χ0) is 22.3. The molecule has 1 aromatic heterocycles. The molecule has 0 radical (unpaired) electrons. The molecule has 0 saturated carbocycles. The molecule has 0 spiro atoms. The first-order valence-corrected chi connectivity index (χ1v) is 9.91. The maximum absolute atomic E-state index is 12.6. The van der Waals surface area contributed by atoms with E-state index in [0.29, 0.717) is 22.4 Å². The number of nitriles is 1. The molecule has 0 fully saturated rings. The highest BCUT2D eigenvalue weighted by Gasteiger charge is 2.17. The molecule has 0 aliphatic rings. The Morgan fingerprint density at radius 1 is 0.844 bits per heavy atom. The molecule has 2 N–H and O–H groups in total. The van der Waals surface area contributed by atoms with E-state index in [4.69, 9.17) is 0 Å². The van der Waals surface area contributed by atoms with Crippen LogP contribution >= 0.6 is 0 Å². The van der Waals surface area contributed by atoms with E-state index in [2.05, 4.69) is 21.8 Å². The van der Waals surface area contributed by atoms with E-state index in [1.807, 2.05) is 36.4 Å². The first-order chi connectivity index (χ1) is 15.6. The molecule has 0 aliphatic carbocycles. The minimum Gasteiger partial charge on any atom is -0.332 e. The van der Waals surface area contributed by atoms with Crippen molar-refractivity contribution in [2.45, 2.75) is 6.04 Å². The summed E-state index contributed by atoms with van der Waals surface area (Å²) < 4.78 is 1.65. The van der Waals surface area contributed by atoms with Crippen molar-refractivity contribution in [1.82, 2.24) is 15.1 Å². The van der Waals surface area contributed by atoms with E-state index < -0.39 is 11.9 Å². The third-order valence-corrected chi connectivity index (χ3v) is 4.80. The van der Waals surface area contributed by atoms with Crippen LogP contribution in [0.25, 0.3) is 5.69 Å². The topological polar surface area (TPSA) is 99.8 Å². The van der Waals surface area contributed by atoms with Gasteiger partial charge in [0, 0.05) is 28.6 Å². The fourth-order valence-corrected chi connectivity index (χ4v) is 3.11. The van der Waals surface area contributed by atoms with Crippen LogP contribution in [0.1, 0.15) is 32.3 Å². The fraction of sp³-hybridized carbons (Fsp3) is 0.0400. The lowest BCUT2D eigenvalue weighted by Crippen LogP contribution is -2.27. The molecule has 2 amide bonds. The lowest BCUT2D eigenvalue weighted by Gasteiger charge is -2.11. The quantitative estimate of drug-likeness (QED) is 0.489. The van der Waals surface area contributed by atoms with E-state index in [9.17, 15) is 14.9 Å². The Balaban J connectivity index is 1.41. The van der Waals surface area contributed by atoms with Crippen LogP contribution in [0.4, 0.5) is 5.69 Å². The molecule has 7 nitrogen and oxygen atoms in total. The molecule has 4 rings (SSSR count). The predicted molar refractivity (Wildman–Crippen MR) is 120 cm³/mol. The minimum atomic E-state index is -0.850. The van der Waals surface area contributed by atoms with E-state index in [1.54, 1.807) is 65.6 Å². The van der Waals surface area contributed by atoms with Gasteiger partial charge in [-0.25, -0.2) is 4.68 Å². The lowest BCUT2D eigenvalue weighted by atomic mass is 10.1. The summed E-state index contributed by atoms with van der Waals surface area (Å²) in [5.41, 5.74) is 2.92. The Bertz CT molecular complexity index is 1260. The van der Waals surface area contributed by atoms with Gasteiger partial charge in [0.25, 0.3) is 11.8 Å². The summed E-state index contributed by atoms with van der Waals surface area (Å²) in [6.45, 7) is 0. The summed E-state index contributed by atoms with van der Waals surface area (Å²) in [6, 6.07) is 26.1. The molecule has 0 unspecified atom stereocenters. The van der Waals surface area contributed by atoms with Crippen molar-refractivity contribution in [2.24, 2.45) is 0 Å². The van der Waals surface area contributed by atoms with Crippen molar-refractivity contribution in [1.29, 1.82) is 5.26 Å². The molecule has 0 aliphatic heterocycles. The summed E-state index contributed by atoms with van der Waals surface area (Å²) in [5, 5.41) is 19.3. The maximum Gasteiger partial charge on any atom is 0.255 e. The van der Waals surface area contributed by atoms with Gasteiger partial charge in [0.2, 0.25) is 0 Å². The number of hydrogen-bond donors (Lipinski definition) is 2. The number of amides is 2. The highest BCUT2D eigenvalue weighted by atomic mass is 16.2. The second kappa shape index (κ2) is 9.41. The second-order valence-electron chi connectivity index (χ2n) is 6.99. The maximum atomic E-state index is 12.6. The molecule has 3 aromatic carbocycles. The van der Waals surface area contributed by atoms with Crippen LogP contribution in [0.3, 0.4) is 0 Å². The van der Waals surface area contributed by atoms with Crippen LogP contribution in [0.15, 0.2) is 97.3 Å². The van der Waals surface area contributed by atoms with Gasteiger partial charge in [-0.1, -0.05) is 36.4 Å². The Kier molecular flexibility index (Phi) is 6.05. The Hall–Kier alpha value is -4.70. The number of nitrogens with zero attached hydrogens (tertiary/aromatic N) is 3. The van der Waals surface area contributed by atoms with E-state index in [-0.39, 0.29) is 5.91 Å². The standard InChI is InChI=1S/C25H19N5O2/c26-15-23(20-16-27-30(17-20)22-9-5-2-6-10-22)29-25(32)19-11-13-21(14-12-19)28-24(31)18-7-3-1-4-8-18/h1-14,16-17,23H,(H,28,31)(H,29,32)/t23-/m0/s1. The first kappa shape index (κ1) is 20.6. The first-order valence-electron chi connectivity index (χ1n) is 9.91. The lowest BCUT2D eigenvalue weighted by molar-refractivity contribution is 0.0944. The van der Waals surface area contributed by atoms with Crippen molar-refractivity contribution in [2.75, 3.05) is 5.32 Å². The summed E-state index contributed by atoms with van der Waals surface area (Å²) in [7, 11) is 0. The predicted octanol–water partition coefficient (Wildman–Crippen LogP) is 4.12. The van der Waals surface area contributed by atoms with Crippen molar-refractivity contribution in [3.8, 4) is 11.8 Å². The van der Waals surface area contributed by atoms with E-state index in [1.165, 1.54) is 0 Å². The molecule has 4 aromatic rings. The van der Waals surface area contributed by atoms with Crippen LogP contribution in [-0.2, 0) is 0 Å². The SMILES string of the molecule is N#C[C@H](NC(=O)c1ccc(NC(=O)c2ccccc2)cc1)c1cnn(-c2ccccc2)c1. The summed E-state index contributed by atoms with van der Waals surface area (Å²) >= 11 is 0. The Morgan fingerprint density at radius 3 is 2.12 bits per heavy atom. The van der Waals surface area contributed by atoms with Crippen molar-refractivity contribution >= 4 is 17.5 Å². The number of aromatic nitrogens is 2. The number of benzene rings is 3. The average molecular weight is 421 g/mol. The number of nitrogens with one attached hydrogen (secondary N) is 2. The van der Waals surface area contributed by atoms with Crippen LogP contribution in [0.2, 0.25) is 0 Å². The summed E-state index contributed by atoms with van der Waals surface area (Å²) in [4.78, 5) is 24.9. The van der Waals surface area contributed by atoms with Gasteiger partial charge in [-0.05, 0) is 48.5 Å². The highest BCUT2D eigenvalue weighted by molar-refractivity contribution is 6.04. The van der Waals surface area contributed by atoms with Crippen molar-refractivity contribution in [3.05, 3.63) is 114 Å². The average Bonchev–Trinajstić information content (AvgIpc) is 3.34. The highest BCUT2D eigenvalue weighted by Crippen LogP contribution is 2.16. The number of hydrogen-bond acceptors (Lipinski definition) is 4. The van der Waals surface area contributed by atoms with Crippen molar-refractivity contribution < 1.29 is 9.59 Å². The smallest absolute Gasteiger partial charge is 0.255 e. The van der Waals surface area contributed by atoms with E-state index in [0.717, 1.165) is 5.69 Å². The number of anilines is 1. The minimum absolute atomic E-state index is 0.234. The van der Waals surface area contributed by atoms with Crippen molar-refractivity contribution in [3.63, 3.8) is 0 Å². The summed E-state index contributed by atoms with van der Waals surface area (Å²) in [5.74, 6) is -0.632. The summed E-state index contributed by atoms with van der Waals surface area (Å²) in [6.07, 6.45) is 3.27. The van der Waals surface area contributed by atoms with Crippen LogP contribution in [0.5, 0.6) is 0 Å². The van der Waals surface area contributed by atoms with Crippen LogP contribution in [0, 0.1) is 11.3 Å². The van der Waals surface area contributed by atoms with Gasteiger partial charge >= 0.3 is 0 Å². The number of rotatable bonds is 6. The third kappa shape index (κ3) is 4.71. The molecule has 156 valence electrons. The molecule has 1 atom stereocenters. The van der Waals surface area contributed by atoms with Gasteiger partial charge < -0.3 is 10.6 Å². The molecule has 1 heterocycles. The van der Waals surface area contributed by atoms with Gasteiger partial charge in [0.05, 0.1) is 18.0 Å². The molecule has 0 bridgehead atoms. The van der Waals surface area contributed by atoms with Gasteiger partial charge in [-0.3, -0.25) is 9.59 Å². The van der Waals surface area contributed by atoms with E-state index >= 15 is 0 Å². The van der Waals surface area contributed by atoms with Gasteiger partial charge in [-0.15, -0.1) is 0 Å². The zero-order valence-corrected chi connectivity index (χ0v) is 17.0. The monoisotopic (exact) mass is 421 g/mol. The zero-order valence-electron chi connectivity index (χ0n) is 17.0. The largest absolute Gasteiger partial charge is 0.332 e. The Labute approximate surface area is 184 Å². The molecule has 7 heteroatoms. The van der Waals surface area contributed by atoms with Gasteiger partial charge in [0.15, 0.2) is 0 Å². The third-order valence-electron chi connectivity index (χ3n) is 4.80. The Morgan fingerprint density at radius 2 is 1.47 bits per heavy atom. The molecule has 0 saturated heterocycles. The normalized spacial score (nSPS) is 11.2. The van der Waals surface area contributed by atoms with Gasteiger partial charge in [-0.2, -0.15) is 10.4 Å². The molecule has 32 heavy (non-hydrogen) atoms. The molecular formula is C25H19N5O2. The van der Waals surface area contributed by atoms with Crippen LogP contribution < -0.4 is 10.6 Å². The van der Waals surface area contributed by atoms with Gasteiger partial charge in [0.1, 0.15) is 6.04 Å². The number of carbonyl (C=O) groups excluding carboxylic acids is 2.